The molecule has 0 unspecified atom stereocenters. The number of hydrogen-bond acceptors (Lipinski definition) is 5. The molecular formula is C11H17Cl2N3O2. The lowest BCUT2D eigenvalue weighted by Gasteiger charge is -2.37. The number of rotatable bonds is 3. The lowest BCUT2D eigenvalue weighted by molar-refractivity contribution is 0.0526. The number of anilines is 1. The summed E-state index contributed by atoms with van der Waals surface area (Å²) >= 11 is 0. The first-order chi connectivity index (χ1) is 7.70. The van der Waals surface area contributed by atoms with Crippen LogP contribution in [-0.4, -0.2) is 36.7 Å². The molecule has 0 aliphatic carbocycles. The van der Waals surface area contributed by atoms with E-state index in [1.54, 1.807) is 13.0 Å². The van der Waals surface area contributed by atoms with Crippen molar-refractivity contribution in [2.75, 3.05) is 24.6 Å². The number of carbonyl (C=O) groups is 1. The number of nitrogens with two attached hydrogens (primary N) is 1. The van der Waals surface area contributed by atoms with E-state index in [4.69, 9.17) is 10.5 Å². The Morgan fingerprint density at radius 2 is 2.17 bits per heavy atom. The van der Waals surface area contributed by atoms with Crippen molar-refractivity contribution in [3.63, 3.8) is 0 Å². The minimum absolute atomic E-state index is 0. The fourth-order valence-corrected chi connectivity index (χ4v) is 1.61. The van der Waals surface area contributed by atoms with Crippen molar-refractivity contribution >= 4 is 36.6 Å². The molecule has 18 heavy (non-hydrogen) atoms. The first-order valence-corrected chi connectivity index (χ1v) is 5.34. The maximum atomic E-state index is 11.4. The predicted molar refractivity (Wildman–Crippen MR) is 74.9 cm³/mol. The number of esters is 1. The molecule has 102 valence electrons. The molecule has 7 heteroatoms. The van der Waals surface area contributed by atoms with E-state index in [0.29, 0.717) is 12.2 Å². The van der Waals surface area contributed by atoms with Crippen molar-refractivity contribution in [1.29, 1.82) is 0 Å². The molecule has 1 fully saturated rings. The minimum Gasteiger partial charge on any atom is -0.462 e. The van der Waals surface area contributed by atoms with Gasteiger partial charge in [0, 0.05) is 25.3 Å². The molecule has 1 aromatic rings. The number of carbonyl (C=O) groups excluding carboxylic acids is 1. The normalized spacial score (nSPS) is 14.0. The van der Waals surface area contributed by atoms with Crippen LogP contribution in [0.5, 0.6) is 0 Å². The summed E-state index contributed by atoms with van der Waals surface area (Å²) in [6.45, 7) is 3.81. The van der Waals surface area contributed by atoms with Gasteiger partial charge in [-0.1, -0.05) is 0 Å². The Morgan fingerprint density at radius 3 is 2.61 bits per heavy atom. The summed E-state index contributed by atoms with van der Waals surface area (Å²) in [5.41, 5.74) is 6.16. The van der Waals surface area contributed by atoms with E-state index in [9.17, 15) is 4.79 Å². The van der Waals surface area contributed by atoms with Crippen LogP contribution < -0.4 is 10.6 Å². The molecule has 2 N–H and O–H groups in total. The third-order valence-electron chi connectivity index (χ3n) is 2.49. The van der Waals surface area contributed by atoms with E-state index in [1.165, 1.54) is 6.20 Å². The Kier molecular flexibility index (Phi) is 6.98. The largest absolute Gasteiger partial charge is 0.462 e. The number of ether oxygens (including phenoxy) is 1. The third-order valence-corrected chi connectivity index (χ3v) is 2.49. The van der Waals surface area contributed by atoms with Crippen LogP contribution >= 0.6 is 24.8 Å². The predicted octanol–water partition coefficient (Wildman–Crippen LogP) is 1.25. The van der Waals surface area contributed by atoms with Gasteiger partial charge in [-0.05, 0) is 19.1 Å². The van der Waals surface area contributed by atoms with Gasteiger partial charge >= 0.3 is 5.97 Å². The van der Waals surface area contributed by atoms with E-state index < -0.39 is 0 Å². The summed E-state index contributed by atoms with van der Waals surface area (Å²) in [5, 5.41) is 0. The second-order valence-corrected chi connectivity index (χ2v) is 3.79. The third kappa shape index (κ3) is 3.73. The van der Waals surface area contributed by atoms with Gasteiger partial charge in [-0.25, -0.2) is 9.78 Å². The molecule has 0 aromatic carbocycles. The topological polar surface area (TPSA) is 68.5 Å². The molecule has 5 nitrogen and oxygen atoms in total. The Bertz CT molecular complexity index is 380. The molecule has 0 saturated carbocycles. The molecule has 0 radical (unpaired) electrons. The summed E-state index contributed by atoms with van der Waals surface area (Å²) in [6, 6.07) is 3.79. The van der Waals surface area contributed by atoms with Crippen LogP contribution in [-0.2, 0) is 4.74 Å². The average molecular weight is 294 g/mol. The maximum Gasteiger partial charge on any atom is 0.339 e. The molecule has 2 heterocycles. The van der Waals surface area contributed by atoms with E-state index >= 15 is 0 Å². The van der Waals surface area contributed by atoms with Crippen molar-refractivity contribution in [3.8, 4) is 0 Å². The van der Waals surface area contributed by atoms with E-state index in [1.807, 2.05) is 6.07 Å². The lowest BCUT2D eigenvalue weighted by Crippen LogP contribution is -2.56. The van der Waals surface area contributed by atoms with Crippen molar-refractivity contribution in [1.82, 2.24) is 4.98 Å². The van der Waals surface area contributed by atoms with E-state index in [-0.39, 0.29) is 36.8 Å². The van der Waals surface area contributed by atoms with Crippen LogP contribution in [0.3, 0.4) is 0 Å². The molecule has 1 aromatic heterocycles. The Labute approximate surface area is 119 Å². The second-order valence-electron chi connectivity index (χ2n) is 3.79. The Morgan fingerprint density at radius 1 is 1.50 bits per heavy atom. The molecule has 2 rings (SSSR count). The van der Waals surface area contributed by atoms with Gasteiger partial charge in [0.15, 0.2) is 0 Å². The van der Waals surface area contributed by atoms with Crippen LogP contribution in [0.15, 0.2) is 18.3 Å². The highest BCUT2D eigenvalue weighted by molar-refractivity contribution is 5.89. The number of hydrogen-bond donors (Lipinski definition) is 1. The van der Waals surface area contributed by atoms with Gasteiger partial charge in [0.1, 0.15) is 5.82 Å². The van der Waals surface area contributed by atoms with Crippen LogP contribution in [0.2, 0.25) is 0 Å². The van der Waals surface area contributed by atoms with Gasteiger partial charge in [0.05, 0.1) is 12.2 Å². The first kappa shape index (κ1) is 17.0. The highest BCUT2D eigenvalue weighted by Crippen LogP contribution is 2.17. The van der Waals surface area contributed by atoms with Crippen LogP contribution in [0.1, 0.15) is 17.3 Å². The zero-order valence-corrected chi connectivity index (χ0v) is 11.7. The highest BCUT2D eigenvalue weighted by Gasteiger charge is 2.24. The van der Waals surface area contributed by atoms with Crippen LogP contribution in [0.25, 0.3) is 0 Å². The molecule has 0 bridgehead atoms. The van der Waals surface area contributed by atoms with Crippen LogP contribution in [0.4, 0.5) is 5.82 Å². The SMILES string of the molecule is CCOC(=O)c1ccc(N2CC(N)C2)nc1.Cl.Cl. The quantitative estimate of drug-likeness (QED) is 0.850. The monoisotopic (exact) mass is 293 g/mol. The molecule has 0 amide bonds. The number of aromatic nitrogens is 1. The van der Waals surface area contributed by atoms with Crippen LogP contribution in [0, 0.1) is 0 Å². The number of pyridine rings is 1. The Hall–Kier alpha value is -1.04. The van der Waals surface area contributed by atoms with Crippen molar-refractivity contribution in [2.45, 2.75) is 13.0 Å². The smallest absolute Gasteiger partial charge is 0.339 e. The van der Waals surface area contributed by atoms with Gasteiger partial charge in [0.2, 0.25) is 0 Å². The summed E-state index contributed by atoms with van der Waals surface area (Å²) in [7, 11) is 0. The summed E-state index contributed by atoms with van der Waals surface area (Å²) < 4.78 is 4.87. The van der Waals surface area contributed by atoms with Crippen molar-refractivity contribution < 1.29 is 9.53 Å². The standard InChI is InChI=1S/C11H15N3O2.2ClH/c1-2-16-11(15)8-3-4-10(13-5-8)14-6-9(12)7-14;;/h3-5,9H,2,6-7,12H2,1H3;2*1H. The average Bonchev–Trinajstić information content (AvgIpc) is 2.25. The molecule has 0 atom stereocenters. The zero-order valence-electron chi connectivity index (χ0n) is 10.0. The fraction of sp³-hybridized carbons (Fsp3) is 0.455. The van der Waals surface area contributed by atoms with Gasteiger partial charge in [0.25, 0.3) is 0 Å². The summed E-state index contributed by atoms with van der Waals surface area (Å²) in [5.74, 6) is 0.525. The molecule has 0 spiro atoms. The first-order valence-electron chi connectivity index (χ1n) is 5.34. The summed E-state index contributed by atoms with van der Waals surface area (Å²) in [6.07, 6.45) is 1.54. The number of halogens is 2. The maximum absolute atomic E-state index is 11.4. The number of nitrogens with zero attached hydrogens (tertiary/aromatic N) is 2. The molecule has 1 saturated heterocycles. The second kappa shape index (κ2) is 7.41. The van der Waals surface area contributed by atoms with Gasteiger partial charge in [-0.3, -0.25) is 0 Å². The van der Waals surface area contributed by atoms with Crippen molar-refractivity contribution in [3.05, 3.63) is 23.9 Å². The minimum atomic E-state index is -0.332. The zero-order chi connectivity index (χ0) is 11.5. The van der Waals surface area contributed by atoms with Crippen molar-refractivity contribution in [2.24, 2.45) is 5.73 Å². The molecule has 1 aliphatic heterocycles. The van der Waals surface area contributed by atoms with Gasteiger partial charge in [-0.2, -0.15) is 0 Å². The molecule has 1 aliphatic rings. The molecular weight excluding hydrogens is 277 g/mol. The highest BCUT2D eigenvalue weighted by atomic mass is 35.5. The Balaban J connectivity index is 0.00000144. The van der Waals surface area contributed by atoms with Gasteiger partial charge < -0.3 is 15.4 Å². The lowest BCUT2D eigenvalue weighted by atomic mass is 10.1. The van der Waals surface area contributed by atoms with Gasteiger partial charge in [-0.15, -0.1) is 24.8 Å². The summed E-state index contributed by atoms with van der Waals surface area (Å²) in [4.78, 5) is 17.6. The fourth-order valence-electron chi connectivity index (χ4n) is 1.61. The van der Waals surface area contributed by atoms with E-state index in [0.717, 1.165) is 18.9 Å². The van der Waals surface area contributed by atoms with E-state index in [2.05, 4.69) is 9.88 Å².